The van der Waals surface area contributed by atoms with Crippen molar-refractivity contribution in [1.82, 2.24) is 9.38 Å². The Morgan fingerprint density at radius 1 is 1.62 bits per heavy atom. The van der Waals surface area contributed by atoms with Crippen LogP contribution in [0.25, 0.3) is 5.65 Å². The number of aromatic nitrogens is 2. The van der Waals surface area contributed by atoms with Crippen LogP contribution < -0.4 is 5.73 Å². The molecule has 2 aromatic rings. The van der Waals surface area contributed by atoms with Gasteiger partial charge in [-0.2, -0.15) is 0 Å². The van der Waals surface area contributed by atoms with Crippen LogP contribution in [0.3, 0.4) is 0 Å². The van der Waals surface area contributed by atoms with E-state index in [1.807, 2.05) is 13.1 Å². The van der Waals surface area contributed by atoms with Crippen LogP contribution in [0.2, 0.25) is 0 Å². The van der Waals surface area contributed by atoms with Crippen LogP contribution in [-0.2, 0) is 0 Å². The fourth-order valence-corrected chi connectivity index (χ4v) is 1.36. The highest BCUT2D eigenvalue weighted by molar-refractivity contribution is 5.98. The van der Waals surface area contributed by atoms with Crippen molar-refractivity contribution in [2.75, 3.05) is 0 Å². The summed E-state index contributed by atoms with van der Waals surface area (Å²) in [6.45, 7) is 1.91. The van der Waals surface area contributed by atoms with Crippen molar-refractivity contribution < 1.29 is 4.79 Å². The molecule has 2 heterocycles. The number of nitrogens with zero attached hydrogens (tertiary/aromatic N) is 2. The Labute approximate surface area is 75.0 Å². The van der Waals surface area contributed by atoms with Gasteiger partial charge in [-0.05, 0) is 18.6 Å². The van der Waals surface area contributed by atoms with Crippen molar-refractivity contribution >= 4 is 11.6 Å². The summed E-state index contributed by atoms with van der Waals surface area (Å²) in [4.78, 5) is 15.1. The van der Waals surface area contributed by atoms with Crippen molar-refractivity contribution in [3.8, 4) is 0 Å². The maximum atomic E-state index is 11.0. The first kappa shape index (κ1) is 7.79. The summed E-state index contributed by atoms with van der Waals surface area (Å²) in [5.41, 5.74) is 7.27. The standard InChI is InChI=1S/C9H9N3O/c1-6-4-7(8(10)13)9-11-2-3-12(9)5-6/h2-5H,1H3,(H2,10,13). The van der Waals surface area contributed by atoms with Crippen LogP contribution in [0, 0.1) is 6.92 Å². The molecule has 0 aliphatic heterocycles. The molecule has 0 fully saturated rings. The van der Waals surface area contributed by atoms with Gasteiger partial charge in [0.25, 0.3) is 5.91 Å². The molecule has 1 amide bonds. The summed E-state index contributed by atoms with van der Waals surface area (Å²) < 4.78 is 1.79. The number of pyridine rings is 1. The van der Waals surface area contributed by atoms with Gasteiger partial charge < -0.3 is 10.1 Å². The van der Waals surface area contributed by atoms with E-state index in [-0.39, 0.29) is 0 Å². The molecule has 0 bridgehead atoms. The molecule has 0 atom stereocenters. The van der Waals surface area contributed by atoms with Crippen LogP contribution in [0.5, 0.6) is 0 Å². The summed E-state index contributed by atoms with van der Waals surface area (Å²) in [5, 5.41) is 0. The number of carbonyl (C=O) groups excluding carboxylic acids is 1. The quantitative estimate of drug-likeness (QED) is 0.694. The lowest BCUT2D eigenvalue weighted by atomic mass is 10.2. The average molecular weight is 175 g/mol. The summed E-state index contributed by atoms with van der Waals surface area (Å²) in [7, 11) is 0. The minimum atomic E-state index is -0.445. The van der Waals surface area contributed by atoms with Crippen molar-refractivity contribution in [3.05, 3.63) is 35.8 Å². The largest absolute Gasteiger partial charge is 0.365 e. The molecule has 0 saturated heterocycles. The number of hydrogen-bond acceptors (Lipinski definition) is 2. The molecule has 0 aliphatic rings. The molecule has 2 rings (SSSR count). The third-order valence-corrected chi connectivity index (χ3v) is 1.89. The van der Waals surface area contributed by atoms with Crippen molar-refractivity contribution in [3.63, 3.8) is 0 Å². The maximum Gasteiger partial charge on any atom is 0.252 e. The third-order valence-electron chi connectivity index (χ3n) is 1.89. The monoisotopic (exact) mass is 175 g/mol. The van der Waals surface area contributed by atoms with E-state index in [1.165, 1.54) is 0 Å². The fraction of sp³-hybridized carbons (Fsp3) is 0.111. The average Bonchev–Trinajstić information content (AvgIpc) is 2.49. The Morgan fingerprint density at radius 2 is 2.38 bits per heavy atom. The van der Waals surface area contributed by atoms with E-state index in [4.69, 9.17) is 5.73 Å². The van der Waals surface area contributed by atoms with Gasteiger partial charge in [-0.1, -0.05) is 0 Å². The lowest BCUT2D eigenvalue weighted by molar-refractivity contribution is 0.100. The molecule has 0 spiro atoms. The van der Waals surface area contributed by atoms with Crippen LogP contribution in [-0.4, -0.2) is 15.3 Å². The second-order valence-corrected chi connectivity index (χ2v) is 2.95. The third kappa shape index (κ3) is 1.16. The van der Waals surface area contributed by atoms with E-state index in [9.17, 15) is 4.79 Å². The van der Waals surface area contributed by atoms with E-state index in [1.54, 1.807) is 22.9 Å². The highest BCUT2D eigenvalue weighted by Gasteiger charge is 2.08. The molecule has 0 unspecified atom stereocenters. The van der Waals surface area contributed by atoms with Crippen molar-refractivity contribution in [1.29, 1.82) is 0 Å². The molecule has 0 radical (unpaired) electrons. The highest BCUT2D eigenvalue weighted by atomic mass is 16.1. The Hall–Kier alpha value is -1.84. The highest BCUT2D eigenvalue weighted by Crippen LogP contribution is 2.10. The Morgan fingerprint density at radius 3 is 3.08 bits per heavy atom. The Balaban J connectivity index is 2.84. The molecule has 2 aromatic heterocycles. The summed E-state index contributed by atoms with van der Waals surface area (Å²) in [5.74, 6) is -0.445. The van der Waals surface area contributed by atoms with Crippen LogP contribution in [0.15, 0.2) is 24.7 Å². The molecular weight excluding hydrogens is 166 g/mol. The van der Waals surface area contributed by atoms with Gasteiger partial charge in [0.15, 0.2) is 0 Å². The summed E-state index contributed by atoms with van der Waals surface area (Å²) in [6, 6.07) is 1.74. The smallest absolute Gasteiger partial charge is 0.252 e. The van der Waals surface area contributed by atoms with E-state index in [2.05, 4.69) is 4.98 Å². The lowest BCUT2D eigenvalue weighted by Gasteiger charge is -2.01. The van der Waals surface area contributed by atoms with E-state index in [0.29, 0.717) is 11.2 Å². The van der Waals surface area contributed by atoms with Gasteiger partial charge in [0, 0.05) is 18.6 Å². The van der Waals surface area contributed by atoms with Gasteiger partial charge in [0.05, 0.1) is 5.56 Å². The summed E-state index contributed by atoms with van der Waals surface area (Å²) in [6.07, 6.45) is 5.32. The molecule has 0 aliphatic carbocycles. The van der Waals surface area contributed by atoms with E-state index in [0.717, 1.165) is 5.56 Å². The van der Waals surface area contributed by atoms with Gasteiger partial charge in [-0.25, -0.2) is 4.98 Å². The number of rotatable bonds is 1. The number of primary amides is 1. The zero-order valence-electron chi connectivity index (χ0n) is 7.19. The number of nitrogens with two attached hydrogens (primary N) is 1. The number of aryl methyl sites for hydroxylation is 1. The molecular formula is C9H9N3O. The van der Waals surface area contributed by atoms with Crippen LogP contribution >= 0.6 is 0 Å². The second kappa shape index (κ2) is 2.58. The van der Waals surface area contributed by atoms with E-state index < -0.39 is 5.91 Å². The maximum absolute atomic E-state index is 11.0. The van der Waals surface area contributed by atoms with Gasteiger partial charge in [-0.3, -0.25) is 4.79 Å². The Bertz CT molecular complexity index is 473. The number of amides is 1. The first-order chi connectivity index (χ1) is 6.18. The number of imidazole rings is 1. The minimum Gasteiger partial charge on any atom is -0.365 e. The van der Waals surface area contributed by atoms with Crippen molar-refractivity contribution in [2.45, 2.75) is 6.92 Å². The van der Waals surface area contributed by atoms with E-state index >= 15 is 0 Å². The summed E-state index contributed by atoms with van der Waals surface area (Å²) >= 11 is 0. The zero-order valence-corrected chi connectivity index (χ0v) is 7.19. The minimum absolute atomic E-state index is 0.445. The molecule has 0 aromatic carbocycles. The van der Waals surface area contributed by atoms with Gasteiger partial charge in [-0.15, -0.1) is 0 Å². The first-order valence-corrected chi connectivity index (χ1v) is 3.91. The predicted molar refractivity (Wildman–Crippen MR) is 48.4 cm³/mol. The zero-order chi connectivity index (χ0) is 9.42. The lowest BCUT2D eigenvalue weighted by Crippen LogP contribution is -2.13. The normalized spacial score (nSPS) is 10.5. The van der Waals surface area contributed by atoms with Crippen LogP contribution in [0.4, 0.5) is 0 Å². The van der Waals surface area contributed by atoms with Gasteiger partial charge >= 0.3 is 0 Å². The first-order valence-electron chi connectivity index (χ1n) is 3.91. The number of fused-ring (bicyclic) bond motifs is 1. The topological polar surface area (TPSA) is 60.4 Å². The van der Waals surface area contributed by atoms with Gasteiger partial charge in [0.2, 0.25) is 0 Å². The molecule has 13 heavy (non-hydrogen) atoms. The fourth-order valence-electron chi connectivity index (χ4n) is 1.36. The molecule has 4 nitrogen and oxygen atoms in total. The van der Waals surface area contributed by atoms with Crippen LogP contribution in [0.1, 0.15) is 15.9 Å². The molecule has 0 saturated carbocycles. The predicted octanol–water partition coefficient (Wildman–Crippen LogP) is 0.742. The number of carbonyl (C=O) groups is 1. The second-order valence-electron chi connectivity index (χ2n) is 2.95. The molecule has 66 valence electrons. The van der Waals surface area contributed by atoms with Crippen molar-refractivity contribution in [2.24, 2.45) is 5.73 Å². The molecule has 2 N–H and O–H groups in total. The SMILES string of the molecule is Cc1cc(C(N)=O)c2nccn2c1. The Kier molecular flexibility index (Phi) is 1.55. The molecule has 4 heteroatoms. The van der Waals surface area contributed by atoms with Gasteiger partial charge in [0.1, 0.15) is 5.65 Å². The number of hydrogen-bond donors (Lipinski definition) is 1.